The van der Waals surface area contributed by atoms with Crippen LogP contribution in [0.1, 0.15) is 6.42 Å². The highest BCUT2D eigenvalue weighted by Crippen LogP contribution is 2.01. The molecule has 1 rings (SSSR count). The molecule has 0 amide bonds. The van der Waals surface area contributed by atoms with Crippen LogP contribution in [0.5, 0.6) is 0 Å². The lowest BCUT2D eigenvalue weighted by Crippen LogP contribution is -2.30. The van der Waals surface area contributed by atoms with Gasteiger partial charge in [0.1, 0.15) is 0 Å². The molecule has 0 saturated carbocycles. The molecule has 0 aromatic rings. The molecule has 0 bridgehead atoms. The summed E-state index contributed by atoms with van der Waals surface area (Å²) >= 11 is 0. The quantitative estimate of drug-likeness (QED) is 0.588. The highest BCUT2D eigenvalue weighted by molar-refractivity contribution is 5.13. The molecule has 1 unspecified atom stereocenters. The maximum absolute atomic E-state index is 8.45. The van der Waals surface area contributed by atoms with E-state index in [1.807, 2.05) is 0 Å². The van der Waals surface area contributed by atoms with Crippen LogP contribution >= 0.6 is 0 Å². The minimum absolute atomic E-state index is 0.103. The summed E-state index contributed by atoms with van der Waals surface area (Å²) in [5, 5.41) is 11.8. The van der Waals surface area contributed by atoms with Crippen molar-refractivity contribution in [3.63, 3.8) is 0 Å². The predicted molar refractivity (Wildman–Crippen MR) is 52.6 cm³/mol. The van der Waals surface area contributed by atoms with Crippen molar-refractivity contribution in [2.45, 2.75) is 12.5 Å². The second-order valence-electron chi connectivity index (χ2n) is 2.95. The van der Waals surface area contributed by atoms with E-state index in [0.29, 0.717) is 19.3 Å². The fourth-order valence-corrected chi connectivity index (χ4v) is 1.22. The standard InChI is InChI=1S/C10H17NO2/c12-7-9-13-8-6-11-10-4-2-1-3-5-10/h1-4,10-12H,5-9H2. The number of ether oxygens (including phenoxy) is 1. The fourth-order valence-electron chi connectivity index (χ4n) is 1.22. The Morgan fingerprint density at radius 3 is 3.00 bits per heavy atom. The molecule has 0 fully saturated rings. The maximum Gasteiger partial charge on any atom is 0.0698 e. The Labute approximate surface area is 79.1 Å². The first-order valence-corrected chi connectivity index (χ1v) is 4.69. The second-order valence-corrected chi connectivity index (χ2v) is 2.95. The van der Waals surface area contributed by atoms with E-state index in [4.69, 9.17) is 9.84 Å². The zero-order valence-corrected chi connectivity index (χ0v) is 7.78. The number of allylic oxidation sites excluding steroid dienone is 2. The molecule has 1 atom stereocenters. The van der Waals surface area contributed by atoms with Crippen LogP contribution in [0.15, 0.2) is 24.3 Å². The van der Waals surface area contributed by atoms with Gasteiger partial charge >= 0.3 is 0 Å². The Morgan fingerprint density at radius 1 is 1.38 bits per heavy atom. The first-order valence-electron chi connectivity index (χ1n) is 4.69. The minimum atomic E-state index is 0.103. The second kappa shape index (κ2) is 6.83. The van der Waals surface area contributed by atoms with Gasteiger partial charge in [-0.1, -0.05) is 24.3 Å². The molecule has 1 aliphatic rings. The third kappa shape index (κ3) is 4.83. The Kier molecular flexibility index (Phi) is 5.49. The monoisotopic (exact) mass is 183 g/mol. The average molecular weight is 183 g/mol. The molecule has 2 N–H and O–H groups in total. The van der Waals surface area contributed by atoms with Crippen molar-refractivity contribution in [2.24, 2.45) is 0 Å². The third-order valence-corrected chi connectivity index (χ3v) is 1.87. The first-order chi connectivity index (χ1) is 6.43. The van der Waals surface area contributed by atoms with Gasteiger partial charge in [-0.25, -0.2) is 0 Å². The predicted octanol–water partition coefficient (Wildman–Crippen LogP) is 0.470. The first kappa shape index (κ1) is 10.4. The maximum atomic E-state index is 8.45. The van der Waals surface area contributed by atoms with E-state index in [9.17, 15) is 0 Å². The Bertz CT molecular complexity index is 178. The molecule has 0 aromatic carbocycles. The van der Waals surface area contributed by atoms with E-state index in [1.165, 1.54) is 0 Å². The Morgan fingerprint density at radius 2 is 2.31 bits per heavy atom. The molecule has 0 spiro atoms. The van der Waals surface area contributed by atoms with Crippen LogP contribution in [0.2, 0.25) is 0 Å². The molecule has 74 valence electrons. The highest BCUT2D eigenvalue weighted by Gasteiger charge is 2.02. The molecule has 0 heterocycles. The number of aliphatic hydroxyl groups excluding tert-OH is 1. The molecule has 0 radical (unpaired) electrons. The molecule has 3 heteroatoms. The van der Waals surface area contributed by atoms with E-state index in [1.54, 1.807) is 0 Å². The summed E-state index contributed by atoms with van der Waals surface area (Å²) in [6.07, 6.45) is 9.45. The van der Waals surface area contributed by atoms with Crippen LogP contribution < -0.4 is 5.32 Å². The summed E-state index contributed by atoms with van der Waals surface area (Å²) in [4.78, 5) is 0. The average Bonchev–Trinajstić information content (AvgIpc) is 2.19. The normalized spacial score (nSPS) is 20.8. The van der Waals surface area contributed by atoms with Gasteiger partial charge in [0.15, 0.2) is 0 Å². The summed E-state index contributed by atoms with van der Waals surface area (Å²) in [5.41, 5.74) is 0. The van der Waals surface area contributed by atoms with Crippen molar-refractivity contribution < 1.29 is 9.84 Å². The van der Waals surface area contributed by atoms with Crippen molar-refractivity contribution in [3.05, 3.63) is 24.3 Å². The molecule has 13 heavy (non-hydrogen) atoms. The highest BCUT2D eigenvalue weighted by atomic mass is 16.5. The van der Waals surface area contributed by atoms with E-state index in [0.717, 1.165) is 13.0 Å². The van der Waals surface area contributed by atoms with Crippen LogP contribution in [0, 0.1) is 0 Å². The summed E-state index contributed by atoms with van der Waals surface area (Å²) in [7, 11) is 0. The number of hydrogen-bond acceptors (Lipinski definition) is 3. The largest absolute Gasteiger partial charge is 0.394 e. The Hall–Kier alpha value is -0.640. The van der Waals surface area contributed by atoms with E-state index in [-0.39, 0.29) is 6.61 Å². The van der Waals surface area contributed by atoms with Crippen molar-refractivity contribution >= 4 is 0 Å². The number of rotatable bonds is 6. The van der Waals surface area contributed by atoms with E-state index < -0.39 is 0 Å². The van der Waals surface area contributed by atoms with Gasteiger partial charge < -0.3 is 15.2 Å². The lowest BCUT2D eigenvalue weighted by Gasteiger charge is -2.14. The van der Waals surface area contributed by atoms with Gasteiger partial charge in [-0.3, -0.25) is 0 Å². The fraction of sp³-hybridized carbons (Fsp3) is 0.600. The van der Waals surface area contributed by atoms with Gasteiger partial charge in [-0.05, 0) is 6.42 Å². The number of aliphatic hydroxyl groups is 1. The summed E-state index contributed by atoms with van der Waals surface area (Å²) in [5.74, 6) is 0. The van der Waals surface area contributed by atoms with Gasteiger partial charge in [-0.15, -0.1) is 0 Å². The van der Waals surface area contributed by atoms with Gasteiger partial charge in [-0.2, -0.15) is 0 Å². The topological polar surface area (TPSA) is 41.5 Å². The summed E-state index contributed by atoms with van der Waals surface area (Å²) in [6.45, 7) is 2.03. The summed E-state index contributed by atoms with van der Waals surface area (Å²) < 4.78 is 5.12. The molecular formula is C10H17NO2. The third-order valence-electron chi connectivity index (χ3n) is 1.87. The van der Waals surface area contributed by atoms with E-state index >= 15 is 0 Å². The van der Waals surface area contributed by atoms with E-state index in [2.05, 4.69) is 29.6 Å². The minimum Gasteiger partial charge on any atom is -0.394 e. The van der Waals surface area contributed by atoms with Crippen molar-refractivity contribution in [2.75, 3.05) is 26.4 Å². The molecule has 0 aromatic heterocycles. The number of nitrogens with one attached hydrogen (secondary N) is 1. The zero-order valence-electron chi connectivity index (χ0n) is 7.78. The van der Waals surface area contributed by atoms with Crippen molar-refractivity contribution in [1.82, 2.24) is 5.32 Å². The van der Waals surface area contributed by atoms with Crippen LogP contribution in [-0.4, -0.2) is 37.5 Å². The summed E-state index contributed by atoms with van der Waals surface area (Å²) in [6, 6.07) is 0.447. The van der Waals surface area contributed by atoms with Crippen molar-refractivity contribution in [3.8, 4) is 0 Å². The molecule has 0 saturated heterocycles. The SMILES string of the molecule is OCCOCCNC1C=CC=CC1. The van der Waals surface area contributed by atoms with Crippen LogP contribution in [0.4, 0.5) is 0 Å². The van der Waals surface area contributed by atoms with Gasteiger partial charge in [0.05, 0.1) is 19.8 Å². The van der Waals surface area contributed by atoms with Crippen molar-refractivity contribution in [1.29, 1.82) is 0 Å². The van der Waals surface area contributed by atoms with Crippen LogP contribution in [0.3, 0.4) is 0 Å². The lowest BCUT2D eigenvalue weighted by molar-refractivity contribution is 0.0932. The molecule has 3 nitrogen and oxygen atoms in total. The van der Waals surface area contributed by atoms with Crippen LogP contribution in [0.25, 0.3) is 0 Å². The zero-order chi connectivity index (χ0) is 9.36. The molecular weight excluding hydrogens is 166 g/mol. The van der Waals surface area contributed by atoms with Crippen LogP contribution in [-0.2, 0) is 4.74 Å². The van der Waals surface area contributed by atoms with Gasteiger partial charge in [0.25, 0.3) is 0 Å². The van der Waals surface area contributed by atoms with Gasteiger partial charge in [0.2, 0.25) is 0 Å². The lowest BCUT2D eigenvalue weighted by atomic mass is 10.1. The molecule has 1 aliphatic carbocycles. The Balaban J connectivity index is 1.93. The molecule has 0 aliphatic heterocycles. The smallest absolute Gasteiger partial charge is 0.0698 e. The number of hydrogen-bond donors (Lipinski definition) is 2. The van der Waals surface area contributed by atoms with Gasteiger partial charge in [0, 0.05) is 12.6 Å².